The molecule has 0 bridgehead atoms. The first-order chi connectivity index (χ1) is 10.5. The number of rotatable bonds is 2. The molecule has 0 saturated carbocycles. The Morgan fingerprint density at radius 2 is 1.86 bits per heavy atom. The molecule has 0 aromatic heterocycles. The van der Waals surface area contributed by atoms with Crippen LogP contribution in [-0.4, -0.2) is 20.0 Å². The van der Waals surface area contributed by atoms with Crippen LogP contribution < -0.4 is 9.80 Å². The van der Waals surface area contributed by atoms with Gasteiger partial charge in [0.05, 0.1) is 11.6 Å². The summed E-state index contributed by atoms with van der Waals surface area (Å²) < 4.78 is 13.9. The highest BCUT2D eigenvalue weighted by atomic mass is 19.1. The Morgan fingerprint density at radius 3 is 2.45 bits per heavy atom. The van der Waals surface area contributed by atoms with Gasteiger partial charge in [-0.1, -0.05) is 12.1 Å². The van der Waals surface area contributed by atoms with E-state index >= 15 is 0 Å². The summed E-state index contributed by atoms with van der Waals surface area (Å²) in [6.07, 6.45) is 0. The van der Waals surface area contributed by atoms with Crippen molar-refractivity contribution < 1.29 is 9.18 Å². The molecule has 110 valence electrons. The van der Waals surface area contributed by atoms with Crippen molar-refractivity contribution >= 4 is 17.3 Å². The molecule has 1 heterocycles. The van der Waals surface area contributed by atoms with Crippen LogP contribution in [-0.2, 0) is 0 Å². The highest BCUT2D eigenvalue weighted by Gasteiger charge is 2.39. The highest BCUT2D eigenvalue weighted by molar-refractivity contribution is 6.11. The molecule has 4 nitrogen and oxygen atoms in total. The van der Waals surface area contributed by atoms with Gasteiger partial charge >= 0.3 is 0 Å². The summed E-state index contributed by atoms with van der Waals surface area (Å²) in [4.78, 5) is 15.8. The van der Waals surface area contributed by atoms with Crippen molar-refractivity contribution in [2.75, 3.05) is 23.9 Å². The lowest BCUT2D eigenvalue weighted by atomic mass is 10.1. The number of amides is 1. The molecule has 0 spiro atoms. The summed E-state index contributed by atoms with van der Waals surface area (Å²) in [6.45, 7) is 0. The first kappa shape index (κ1) is 14.1. The lowest BCUT2D eigenvalue weighted by Crippen LogP contribution is -2.27. The lowest BCUT2D eigenvalue weighted by Gasteiger charge is -2.21. The van der Waals surface area contributed by atoms with Gasteiger partial charge in [0.25, 0.3) is 5.91 Å². The van der Waals surface area contributed by atoms with Crippen molar-refractivity contribution in [3.8, 4) is 6.07 Å². The third kappa shape index (κ3) is 2.01. The van der Waals surface area contributed by atoms with Crippen molar-refractivity contribution in [1.82, 2.24) is 0 Å². The number of benzene rings is 2. The maximum atomic E-state index is 13.9. The van der Waals surface area contributed by atoms with Crippen LogP contribution in [0.3, 0.4) is 0 Å². The Bertz CT molecular complexity index is 777. The van der Waals surface area contributed by atoms with Crippen LogP contribution in [0.5, 0.6) is 0 Å². The van der Waals surface area contributed by atoms with E-state index in [-0.39, 0.29) is 5.56 Å². The molecule has 1 amide bonds. The predicted octanol–water partition coefficient (Wildman–Crippen LogP) is 3.12. The monoisotopic (exact) mass is 295 g/mol. The number of halogens is 1. The summed E-state index contributed by atoms with van der Waals surface area (Å²) in [5.41, 5.74) is 1.97. The number of carbonyl (C=O) groups excluding carboxylic acids is 1. The van der Waals surface area contributed by atoms with Crippen molar-refractivity contribution in [1.29, 1.82) is 5.26 Å². The molecule has 1 aliphatic rings. The summed E-state index contributed by atoms with van der Waals surface area (Å²) in [7, 11) is 3.83. The molecular weight excluding hydrogens is 281 g/mol. The molecule has 2 aromatic rings. The van der Waals surface area contributed by atoms with Crippen LogP contribution >= 0.6 is 0 Å². The van der Waals surface area contributed by atoms with Crippen molar-refractivity contribution in [2.45, 2.75) is 6.04 Å². The molecular formula is C17H14FN3O. The Labute approximate surface area is 128 Å². The van der Waals surface area contributed by atoms with Gasteiger partial charge in [-0.05, 0) is 30.3 Å². The molecule has 0 fully saturated rings. The number of anilines is 2. The molecule has 0 radical (unpaired) electrons. The zero-order chi connectivity index (χ0) is 15.9. The molecule has 22 heavy (non-hydrogen) atoms. The lowest BCUT2D eigenvalue weighted by molar-refractivity contribution is 0.0991. The maximum absolute atomic E-state index is 13.9. The zero-order valence-corrected chi connectivity index (χ0v) is 12.2. The first-order valence-electron chi connectivity index (χ1n) is 6.83. The fourth-order valence-electron chi connectivity index (χ4n) is 2.68. The van der Waals surface area contributed by atoms with Gasteiger partial charge in [-0.2, -0.15) is 5.26 Å². The van der Waals surface area contributed by atoms with E-state index in [0.717, 1.165) is 5.69 Å². The van der Waals surface area contributed by atoms with E-state index in [1.165, 1.54) is 17.0 Å². The normalized spacial score (nSPS) is 16.4. The van der Waals surface area contributed by atoms with Gasteiger partial charge in [0.15, 0.2) is 6.04 Å². The topological polar surface area (TPSA) is 47.3 Å². The number of fused-ring (bicyclic) bond motifs is 1. The molecule has 1 unspecified atom stereocenters. The number of hydrogen-bond donors (Lipinski definition) is 0. The molecule has 1 aliphatic heterocycles. The van der Waals surface area contributed by atoms with Crippen LogP contribution in [0, 0.1) is 17.1 Å². The van der Waals surface area contributed by atoms with E-state index in [1.807, 2.05) is 31.1 Å². The smallest absolute Gasteiger partial charge is 0.263 e. The fraction of sp³-hybridized carbons (Fsp3) is 0.176. The standard InChI is InChI=1S/C17H14FN3O/c1-20(2)11-6-8-12(9-7-11)21-15(10-19)13-4-3-5-14(18)16(13)17(21)22/h3-9,15H,1-2H3. The summed E-state index contributed by atoms with van der Waals surface area (Å²) in [6, 6.07) is 12.9. The number of hydrogen-bond acceptors (Lipinski definition) is 3. The van der Waals surface area contributed by atoms with E-state index < -0.39 is 17.8 Å². The maximum Gasteiger partial charge on any atom is 0.263 e. The molecule has 0 aliphatic carbocycles. The Hall–Kier alpha value is -2.87. The van der Waals surface area contributed by atoms with E-state index in [4.69, 9.17) is 0 Å². The second-order valence-corrected chi connectivity index (χ2v) is 5.32. The van der Waals surface area contributed by atoms with Gasteiger partial charge in [-0.3, -0.25) is 9.69 Å². The second kappa shape index (κ2) is 5.15. The zero-order valence-electron chi connectivity index (χ0n) is 12.2. The minimum atomic E-state index is -0.802. The van der Waals surface area contributed by atoms with Crippen LogP contribution in [0.2, 0.25) is 0 Å². The molecule has 0 N–H and O–H groups in total. The SMILES string of the molecule is CN(C)c1ccc(N2C(=O)c3c(F)cccc3C2C#N)cc1. The average molecular weight is 295 g/mol. The van der Waals surface area contributed by atoms with Gasteiger partial charge in [0, 0.05) is 31.0 Å². The summed E-state index contributed by atoms with van der Waals surface area (Å²) in [5, 5.41) is 9.42. The van der Waals surface area contributed by atoms with Crippen LogP contribution in [0.15, 0.2) is 42.5 Å². The van der Waals surface area contributed by atoms with Gasteiger partial charge < -0.3 is 4.90 Å². The minimum Gasteiger partial charge on any atom is -0.378 e. The predicted molar refractivity (Wildman–Crippen MR) is 82.3 cm³/mol. The van der Waals surface area contributed by atoms with Crippen LogP contribution in [0.25, 0.3) is 0 Å². The third-order valence-corrected chi connectivity index (χ3v) is 3.80. The van der Waals surface area contributed by atoms with Crippen LogP contribution in [0.4, 0.5) is 15.8 Å². The minimum absolute atomic E-state index is 0.00858. The van der Waals surface area contributed by atoms with Gasteiger partial charge in [-0.15, -0.1) is 0 Å². The van der Waals surface area contributed by atoms with E-state index in [0.29, 0.717) is 11.3 Å². The Kier molecular flexibility index (Phi) is 3.30. The molecule has 5 heteroatoms. The summed E-state index contributed by atoms with van der Waals surface area (Å²) >= 11 is 0. The Morgan fingerprint density at radius 1 is 1.18 bits per heavy atom. The number of carbonyl (C=O) groups is 1. The number of nitrogens with zero attached hydrogens (tertiary/aromatic N) is 3. The largest absolute Gasteiger partial charge is 0.378 e. The van der Waals surface area contributed by atoms with Crippen molar-refractivity contribution in [3.63, 3.8) is 0 Å². The number of nitriles is 1. The van der Waals surface area contributed by atoms with Crippen LogP contribution in [0.1, 0.15) is 22.0 Å². The first-order valence-corrected chi connectivity index (χ1v) is 6.83. The van der Waals surface area contributed by atoms with E-state index in [1.54, 1.807) is 18.2 Å². The molecule has 2 aromatic carbocycles. The quantitative estimate of drug-likeness (QED) is 0.855. The van der Waals surface area contributed by atoms with Gasteiger partial charge in [-0.25, -0.2) is 4.39 Å². The fourth-order valence-corrected chi connectivity index (χ4v) is 2.68. The van der Waals surface area contributed by atoms with E-state index in [9.17, 15) is 14.4 Å². The van der Waals surface area contributed by atoms with Gasteiger partial charge in [0.1, 0.15) is 5.82 Å². The third-order valence-electron chi connectivity index (χ3n) is 3.80. The van der Waals surface area contributed by atoms with E-state index in [2.05, 4.69) is 6.07 Å². The van der Waals surface area contributed by atoms with Crippen molar-refractivity contribution in [3.05, 3.63) is 59.4 Å². The molecule has 1 atom stereocenters. The summed E-state index contributed by atoms with van der Waals surface area (Å²) in [5.74, 6) is -1.06. The average Bonchev–Trinajstić information content (AvgIpc) is 2.80. The van der Waals surface area contributed by atoms with Gasteiger partial charge in [0.2, 0.25) is 0 Å². The molecule has 0 saturated heterocycles. The Balaban J connectivity index is 2.07. The van der Waals surface area contributed by atoms with Crippen molar-refractivity contribution in [2.24, 2.45) is 0 Å². The second-order valence-electron chi connectivity index (χ2n) is 5.32. The molecule has 3 rings (SSSR count). The highest BCUT2D eigenvalue weighted by Crippen LogP contribution is 2.38.